The SMILES string of the molecule is C[C@H]1CCO[C@H]1P(P)PP. The fourth-order valence-corrected chi connectivity index (χ4v) is 6.11. The average Bonchev–Trinajstić information content (AvgIpc) is 2.34. The van der Waals surface area contributed by atoms with E-state index in [1.165, 1.54) is 6.42 Å². The van der Waals surface area contributed by atoms with Crippen LogP contribution in [0.3, 0.4) is 0 Å². The fourth-order valence-electron chi connectivity index (χ4n) is 1.11. The topological polar surface area (TPSA) is 9.23 Å². The van der Waals surface area contributed by atoms with Gasteiger partial charge in [-0.25, -0.2) is 0 Å². The normalized spacial score (nSPS) is 37.5. The van der Waals surface area contributed by atoms with Crippen LogP contribution in [0.4, 0.5) is 0 Å². The maximum Gasteiger partial charge on any atom is 0.0866 e. The lowest BCUT2D eigenvalue weighted by Crippen LogP contribution is -2.05. The molecular formula is C5H14OP4. The first-order valence-corrected chi connectivity index (χ1v) is 10.1. The maximum absolute atomic E-state index is 5.62. The Morgan fingerprint density at radius 2 is 2.40 bits per heavy atom. The molecule has 4 unspecified atom stereocenters. The molecule has 1 aliphatic heterocycles. The van der Waals surface area contributed by atoms with E-state index < -0.39 is 0 Å². The van der Waals surface area contributed by atoms with E-state index in [4.69, 9.17) is 4.74 Å². The molecular weight excluding hydrogens is 200 g/mol. The van der Waals surface area contributed by atoms with E-state index in [1.54, 1.807) is 0 Å². The van der Waals surface area contributed by atoms with Crippen molar-refractivity contribution in [1.29, 1.82) is 0 Å². The molecule has 0 aromatic rings. The van der Waals surface area contributed by atoms with Crippen LogP contribution in [0.15, 0.2) is 0 Å². The van der Waals surface area contributed by atoms with Crippen LogP contribution in [0.25, 0.3) is 0 Å². The van der Waals surface area contributed by atoms with Gasteiger partial charge in [0.25, 0.3) is 0 Å². The Labute approximate surface area is 70.1 Å². The lowest BCUT2D eigenvalue weighted by molar-refractivity contribution is 0.160. The average molecular weight is 214 g/mol. The molecule has 0 N–H and O–H groups in total. The van der Waals surface area contributed by atoms with Gasteiger partial charge in [0.05, 0.1) is 5.85 Å². The van der Waals surface area contributed by atoms with Crippen molar-refractivity contribution in [2.45, 2.75) is 19.2 Å². The van der Waals surface area contributed by atoms with Crippen molar-refractivity contribution in [1.82, 2.24) is 0 Å². The van der Waals surface area contributed by atoms with E-state index in [0.29, 0.717) is 5.85 Å². The Bertz CT molecular complexity index is 110. The summed E-state index contributed by atoms with van der Waals surface area (Å²) in [6.45, 7) is 3.27. The first kappa shape index (κ1) is 9.77. The number of ether oxygens (including phenoxy) is 1. The lowest BCUT2D eigenvalue weighted by atomic mass is 10.2. The van der Waals surface area contributed by atoms with Crippen LogP contribution in [0.1, 0.15) is 13.3 Å². The molecule has 0 radical (unpaired) electrons. The van der Waals surface area contributed by atoms with Gasteiger partial charge in [-0.3, -0.25) is 0 Å². The van der Waals surface area contributed by atoms with Crippen LogP contribution in [0.5, 0.6) is 0 Å². The third-order valence-corrected chi connectivity index (χ3v) is 12.5. The van der Waals surface area contributed by atoms with E-state index in [2.05, 4.69) is 24.8 Å². The zero-order valence-electron chi connectivity index (χ0n) is 6.08. The summed E-state index contributed by atoms with van der Waals surface area (Å²) >= 11 is 0. The zero-order chi connectivity index (χ0) is 7.56. The van der Waals surface area contributed by atoms with E-state index in [1.807, 2.05) is 0 Å². The highest BCUT2D eigenvalue weighted by atomic mass is 32.6. The van der Waals surface area contributed by atoms with Gasteiger partial charge in [-0.05, 0) is 19.6 Å². The van der Waals surface area contributed by atoms with Crippen LogP contribution >= 0.6 is 33.1 Å². The number of hydrogen-bond donors (Lipinski definition) is 0. The van der Waals surface area contributed by atoms with E-state index in [-0.39, 0.29) is 7.30 Å². The lowest BCUT2D eigenvalue weighted by Gasteiger charge is -2.20. The minimum absolute atomic E-state index is 0.0664. The minimum atomic E-state index is 0.0664. The predicted molar refractivity (Wildman–Crippen MR) is 58.2 cm³/mol. The molecule has 0 aliphatic carbocycles. The molecule has 60 valence electrons. The summed E-state index contributed by atoms with van der Waals surface area (Å²) in [5.41, 5.74) is 0. The summed E-state index contributed by atoms with van der Waals surface area (Å²) < 4.78 is 5.62. The predicted octanol–water partition coefficient (Wildman–Crippen LogP) is 3.02. The van der Waals surface area contributed by atoms with Crippen molar-refractivity contribution in [3.8, 4) is 0 Å². The molecule has 5 heteroatoms. The van der Waals surface area contributed by atoms with Crippen LogP contribution < -0.4 is 0 Å². The quantitative estimate of drug-likeness (QED) is 0.642. The van der Waals surface area contributed by atoms with Gasteiger partial charge in [0, 0.05) is 6.61 Å². The molecule has 0 amide bonds. The molecule has 0 aromatic carbocycles. The van der Waals surface area contributed by atoms with Crippen molar-refractivity contribution < 1.29 is 4.74 Å². The van der Waals surface area contributed by atoms with Gasteiger partial charge in [-0.15, -0.1) is 17.9 Å². The van der Waals surface area contributed by atoms with Crippen molar-refractivity contribution in [3.05, 3.63) is 0 Å². The molecule has 6 atom stereocenters. The van der Waals surface area contributed by atoms with Gasteiger partial charge < -0.3 is 4.74 Å². The summed E-state index contributed by atoms with van der Waals surface area (Å²) in [5, 5.41) is 0. The molecule has 0 bridgehead atoms. The Balaban J connectivity index is 2.38. The second-order valence-corrected chi connectivity index (χ2v) is 12.0. The summed E-state index contributed by atoms with van der Waals surface area (Å²) in [6, 6.07) is 0. The molecule has 0 spiro atoms. The molecule has 1 rings (SSSR count). The summed E-state index contributed by atoms with van der Waals surface area (Å²) in [5.74, 6) is 1.35. The molecule has 1 fully saturated rings. The van der Waals surface area contributed by atoms with Crippen molar-refractivity contribution >= 4 is 33.1 Å². The van der Waals surface area contributed by atoms with Gasteiger partial charge in [0.1, 0.15) is 0 Å². The molecule has 1 saturated heterocycles. The second kappa shape index (κ2) is 4.64. The van der Waals surface area contributed by atoms with Crippen LogP contribution in [-0.4, -0.2) is 12.5 Å². The van der Waals surface area contributed by atoms with Crippen LogP contribution in [0.2, 0.25) is 0 Å². The smallest absolute Gasteiger partial charge is 0.0866 e. The molecule has 0 aromatic heterocycles. The van der Waals surface area contributed by atoms with Crippen molar-refractivity contribution in [3.63, 3.8) is 0 Å². The van der Waals surface area contributed by atoms with Gasteiger partial charge >= 0.3 is 0 Å². The van der Waals surface area contributed by atoms with Gasteiger partial charge in [0.2, 0.25) is 0 Å². The highest BCUT2D eigenvalue weighted by Crippen LogP contribution is 2.71. The monoisotopic (exact) mass is 214 g/mol. The zero-order valence-corrected chi connectivity index (χ0v) is 10.3. The second-order valence-electron chi connectivity index (χ2n) is 2.56. The Kier molecular flexibility index (Phi) is 4.53. The first-order valence-electron chi connectivity index (χ1n) is 3.37. The van der Waals surface area contributed by atoms with Crippen LogP contribution in [0, 0.1) is 5.92 Å². The summed E-state index contributed by atoms with van der Waals surface area (Å²) in [7, 11) is 6.79. The van der Waals surface area contributed by atoms with Gasteiger partial charge in [0.15, 0.2) is 0 Å². The van der Waals surface area contributed by atoms with Crippen molar-refractivity contribution in [2.24, 2.45) is 5.92 Å². The minimum Gasteiger partial charge on any atom is -0.373 e. The fraction of sp³-hybridized carbons (Fsp3) is 1.00. The van der Waals surface area contributed by atoms with Gasteiger partial charge in [-0.2, -0.15) is 0 Å². The Morgan fingerprint density at radius 3 is 2.80 bits per heavy atom. The first-order chi connectivity index (χ1) is 4.75. The van der Waals surface area contributed by atoms with E-state index >= 15 is 0 Å². The molecule has 1 heterocycles. The number of rotatable bonds is 2. The Hall–Kier alpha value is 1.68. The highest BCUT2D eigenvalue weighted by Gasteiger charge is 2.28. The number of hydrogen-bond acceptors (Lipinski definition) is 1. The third-order valence-electron chi connectivity index (χ3n) is 1.77. The Morgan fingerprint density at radius 1 is 1.70 bits per heavy atom. The third kappa shape index (κ3) is 2.33. The molecule has 0 saturated carbocycles. The maximum atomic E-state index is 5.62. The van der Waals surface area contributed by atoms with Crippen molar-refractivity contribution in [2.75, 3.05) is 6.61 Å². The molecule has 1 aliphatic rings. The molecule has 10 heavy (non-hydrogen) atoms. The van der Waals surface area contributed by atoms with E-state index in [9.17, 15) is 0 Å². The summed E-state index contributed by atoms with van der Waals surface area (Å²) in [4.78, 5) is 0. The largest absolute Gasteiger partial charge is 0.373 e. The van der Waals surface area contributed by atoms with Gasteiger partial charge in [-0.1, -0.05) is 14.9 Å². The highest BCUT2D eigenvalue weighted by molar-refractivity contribution is 8.61. The van der Waals surface area contributed by atoms with Crippen LogP contribution in [-0.2, 0) is 4.74 Å². The van der Waals surface area contributed by atoms with E-state index in [0.717, 1.165) is 20.5 Å². The summed E-state index contributed by atoms with van der Waals surface area (Å²) in [6.07, 6.45) is 1.26. The molecule has 1 nitrogen and oxygen atoms in total. The standard InChI is InChI=1S/C5H14OP4/c1-4-2-3-6-5(4)10(8)9-7/h4-5,9H,2-3,7-8H2,1H3/t4-,5-,10?/m0/s1.